The standard InChI is InChI=1S/C14H19Cl3N2/c1-9(2)18-11-4-3-5-19(8-11)14-12(16)6-10(15)7-13(14)17/h6-7,9,11,18H,3-5,8H2,1-2H3. The quantitative estimate of drug-likeness (QED) is 0.874. The second-order valence-corrected chi connectivity index (χ2v) is 6.58. The van der Waals surface area contributed by atoms with Crippen molar-refractivity contribution < 1.29 is 0 Å². The van der Waals surface area contributed by atoms with E-state index >= 15 is 0 Å². The van der Waals surface area contributed by atoms with Crippen LogP contribution in [0.5, 0.6) is 0 Å². The molecule has 0 spiro atoms. The average molecular weight is 322 g/mol. The smallest absolute Gasteiger partial charge is 0.0746 e. The summed E-state index contributed by atoms with van der Waals surface area (Å²) >= 11 is 18.5. The Hall–Kier alpha value is -0.150. The fourth-order valence-corrected chi connectivity index (χ4v) is 3.68. The lowest BCUT2D eigenvalue weighted by Gasteiger charge is -2.36. The van der Waals surface area contributed by atoms with Gasteiger partial charge in [0.25, 0.3) is 0 Å². The molecule has 2 rings (SSSR count). The zero-order chi connectivity index (χ0) is 14.0. The van der Waals surface area contributed by atoms with Gasteiger partial charge in [-0.15, -0.1) is 0 Å². The molecule has 1 aliphatic rings. The molecular weight excluding hydrogens is 303 g/mol. The maximum Gasteiger partial charge on any atom is 0.0746 e. The highest BCUT2D eigenvalue weighted by molar-refractivity contribution is 6.41. The van der Waals surface area contributed by atoms with Gasteiger partial charge in [-0.3, -0.25) is 0 Å². The summed E-state index contributed by atoms with van der Waals surface area (Å²) in [6, 6.07) is 4.48. The number of hydrogen-bond acceptors (Lipinski definition) is 2. The largest absolute Gasteiger partial charge is 0.368 e. The minimum atomic E-state index is 0.483. The van der Waals surface area contributed by atoms with Gasteiger partial charge in [-0.2, -0.15) is 0 Å². The van der Waals surface area contributed by atoms with E-state index in [4.69, 9.17) is 34.8 Å². The number of halogens is 3. The van der Waals surface area contributed by atoms with E-state index in [1.807, 2.05) is 0 Å². The lowest BCUT2D eigenvalue weighted by Crippen LogP contribution is -2.48. The Labute approximate surface area is 130 Å². The van der Waals surface area contributed by atoms with Gasteiger partial charge in [-0.05, 0) is 25.0 Å². The third-order valence-electron chi connectivity index (χ3n) is 3.29. The van der Waals surface area contributed by atoms with Crippen LogP contribution < -0.4 is 10.2 Å². The number of nitrogens with one attached hydrogen (secondary N) is 1. The average Bonchev–Trinajstić information content (AvgIpc) is 2.26. The van der Waals surface area contributed by atoms with Crippen molar-refractivity contribution in [3.8, 4) is 0 Å². The molecule has 0 bridgehead atoms. The molecule has 1 atom stereocenters. The molecule has 0 aliphatic carbocycles. The molecule has 1 aliphatic heterocycles. The van der Waals surface area contributed by atoms with Crippen molar-refractivity contribution in [1.29, 1.82) is 0 Å². The minimum absolute atomic E-state index is 0.483. The molecule has 0 amide bonds. The van der Waals surface area contributed by atoms with Crippen LogP contribution in [0.25, 0.3) is 0 Å². The monoisotopic (exact) mass is 320 g/mol. The highest BCUT2D eigenvalue weighted by Gasteiger charge is 2.23. The Balaban J connectivity index is 2.17. The molecule has 1 N–H and O–H groups in total. The highest BCUT2D eigenvalue weighted by atomic mass is 35.5. The molecular formula is C14H19Cl3N2. The maximum atomic E-state index is 6.29. The third-order valence-corrected chi connectivity index (χ3v) is 4.08. The second kappa shape index (κ2) is 6.53. The van der Waals surface area contributed by atoms with Gasteiger partial charge < -0.3 is 10.2 Å². The summed E-state index contributed by atoms with van der Waals surface area (Å²) in [4.78, 5) is 2.25. The lowest BCUT2D eigenvalue weighted by atomic mass is 10.0. The normalized spacial score (nSPS) is 20.1. The van der Waals surface area contributed by atoms with Crippen LogP contribution in [0, 0.1) is 0 Å². The van der Waals surface area contributed by atoms with Crippen LogP contribution in [0.2, 0.25) is 15.1 Å². The van der Waals surface area contributed by atoms with E-state index in [0.717, 1.165) is 25.2 Å². The number of piperidine rings is 1. The summed E-state index contributed by atoms with van der Waals surface area (Å²) in [5.74, 6) is 0. The summed E-state index contributed by atoms with van der Waals surface area (Å²) in [6.45, 7) is 6.25. The molecule has 5 heteroatoms. The molecule has 0 saturated carbocycles. The Bertz CT molecular complexity index is 425. The van der Waals surface area contributed by atoms with E-state index < -0.39 is 0 Å². The number of nitrogens with zero attached hydrogens (tertiary/aromatic N) is 1. The van der Waals surface area contributed by atoms with Crippen molar-refractivity contribution in [3.05, 3.63) is 27.2 Å². The predicted molar refractivity (Wildman–Crippen MR) is 85.0 cm³/mol. The Morgan fingerprint density at radius 2 is 1.84 bits per heavy atom. The van der Waals surface area contributed by atoms with Gasteiger partial charge in [0.2, 0.25) is 0 Å². The van der Waals surface area contributed by atoms with Crippen molar-refractivity contribution >= 4 is 40.5 Å². The first kappa shape index (κ1) is 15.2. The molecule has 106 valence electrons. The summed E-state index contributed by atoms with van der Waals surface area (Å²) in [5.41, 5.74) is 0.906. The molecule has 19 heavy (non-hydrogen) atoms. The van der Waals surface area contributed by atoms with Gasteiger partial charge in [0.15, 0.2) is 0 Å². The first-order chi connectivity index (χ1) is 8.97. The topological polar surface area (TPSA) is 15.3 Å². The van der Waals surface area contributed by atoms with Crippen molar-refractivity contribution in [2.75, 3.05) is 18.0 Å². The van der Waals surface area contributed by atoms with Crippen LogP contribution in [-0.2, 0) is 0 Å². The van der Waals surface area contributed by atoms with E-state index in [-0.39, 0.29) is 0 Å². The molecule has 1 heterocycles. The summed E-state index contributed by atoms with van der Waals surface area (Å²) in [7, 11) is 0. The molecule has 0 aromatic heterocycles. The van der Waals surface area contributed by atoms with Crippen LogP contribution >= 0.6 is 34.8 Å². The third kappa shape index (κ3) is 3.91. The van der Waals surface area contributed by atoms with E-state index in [0.29, 0.717) is 27.2 Å². The number of hydrogen-bond donors (Lipinski definition) is 1. The van der Waals surface area contributed by atoms with E-state index in [1.54, 1.807) is 12.1 Å². The number of rotatable bonds is 3. The van der Waals surface area contributed by atoms with Crippen molar-refractivity contribution in [3.63, 3.8) is 0 Å². The molecule has 1 fully saturated rings. The van der Waals surface area contributed by atoms with Crippen LogP contribution in [0.1, 0.15) is 26.7 Å². The summed E-state index contributed by atoms with van der Waals surface area (Å²) in [5, 5.41) is 5.41. The molecule has 1 saturated heterocycles. The number of benzene rings is 1. The van der Waals surface area contributed by atoms with Crippen LogP contribution in [0.15, 0.2) is 12.1 Å². The maximum absolute atomic E-state index is 6.29. The van der Waals surface area contributed by atoms with E-state index in [2.05, 4.69) is 24.1 Å². The first-order valence-corrected chi connectivity index (χ1v) is 7.76. The second-order valence-electron chi connectivity index (χ2n) is 5.32. The zero-order valence-electron chi connectivity index (χ0n) is 11.2. The van der Waals surface area contributed by atoms with Gasteiger partial charge in [-0.1, -0.05) is 48.7 Å². The van der Waals surface area contributed by atoms with Gasteiger partial charge in [0.1, 0.15) is 0 Å². The van der Waals surface area contributed by atoms with Crippen molar-refractivity contribution in [2.45, 2.75) is 38.8 Å². The van der Waals surface area contributed by atoms with E-state index in [9.17, 15) is 0 Å². The first-order valence-electron chi connectivity index (χ1n) is 6.63. The predicted octanol–water partition coefficient (Wildman–Crippen LogP) is 4.61. The Kier molecular flexibility index (Phi) is 5.24. The van der Waals surface area contributed by atoms with Gasteiger partial charge in [0.05, 0.1) is 15.7 Å². The zero-order valence-corrected chi connectivity index (χ0v) is 13.5. The summed E-state index contributed by atoms with van der Waals surface area (Å²) < 4.78 is 0. The number of anilines is 1. The van der Waals surface area contributed by atoms with Crippen LogP contribution in [0.3, 0.4) is 0 Å². The van der Waals surface area contributed by atoms with Gasteiger partial charge in [0, 0.05) is 30.2 Å². The van der Waals surface area contributed by atoms with Crippen molar-refractivity contribution in [1.82, 2.24) is 5.32 Å². The van der Waals surface area contributed by atoms with Crippen LogP contribution in [-0.4, -0.2) is 25.2 Å². The Morgan fingerprint density at radius 3 is 2.42 bits per heavy atom. The summed E-state index contributed by atoms with van der Waals surface area (Å²) in [6.07, 6.45) is 2.33. The fraction of sp³-hybridized carbons (Fsp3) is 0.571. The van der Waals surface area contributed by atoms with Gasteiger partial charge >= 0.3 is 0 Å². The molecule has 0 radical (unpaired) electrons. The highest BCUT2D eigenvalue weighted by Crippen LogP contribution is 2.37. The van der Waals surface area contributed by atoms with Gasteiger partial charge in [-0.25, -0.2) is 0 Å². The van der Waals surface area contributed by atoms with Crippen molar-refractivity contribution in [2.24, 2.45) is 0 Å². The lowest BCUT2D eigenvalue weighted by molar-refractivity contribution is 0.395. The fourth-order valence-electron chi connectivity index (χ4n) is 2.62. The molecule has 1 unspecified atom stereocenters. The molecule has 1 aromatic carbocycles. The molecule has 1 aromatic rings. The van der Waals surface area contributed by atoms with E-state index in [1.165, 1.54) is 6.42 Å². The molecule has 2 nitrogen and oxygen atoms in total. The van der Waals surface area contributed by atoms with Crippen LogP contribution in [0.4, 0.5) is 5.69 Å². The SMILES string of the molecule is CC(C)NC1CCCN(c2c(Cl)cc(Cl)cc2Cl)C1. The Morgan fingerprint density at radius 1 is 1.21 bits per heavy atom. The minimum Gasteiger partial charge on any atom is -0.368 e.